The summed E-state index contributed by atoms with van der Waals surface area (Å²) in [6, 6.07) is 0. The summed E-state index contributed by atoms with van der Waals surface area (Å²) in [6.45, 7) is 3.46. The number of carboxylic acid groups (broad SMARTS) is 1. The van der Waals surface area contributed by atoms with Crippen molar-refractivity contribution in [3.8, 4) is 0 Å². The van der Waals surface area contributed by atoms with Crippen molar-refractivity contribution in [3.05, 3.63) is 12.8 Å². The number of rotatable bonds is 4. The second-order valence-electron chi connectivity index (χ2n) is 3.25. The predicted molar refractivity (Wildman–Crippen MR) is 44.7 cm³/mol. The van der Waals surface area contributed by atoms with E-state index in [0.29, 0.717) is 0 Å². The third kappa shape index (κ3) is 2.00. The van der Waals surface area contributed by atoms with Crippen molar-refractivity contribution in [3.63, 3.8) is 0 Å². The fraction of sp³-hybridized carbons (Fsp3) is 0.667. The molecule has 0 atom stereocenters. The van der Waals surface area contributed by atoms with Crippen molar-refractivity contribution in [1.82, 2.24) is 0 Å². The Bertz CT molecular complexity index is 180. The van der Waals surface area contributed by atoms with E-state index in [4.69, 9.17) is 9.84 Å². The Kier molecular flexibility index (Phi) is 2.74. The van der Waals surface area contributed by atoms with Crippen LogP contribution >= 0.6 is 0 Å². The first kappa shape index (κ1) is 9.10. The Morgan fingerprint density at radius 2 is 2.17 bits per heavy atom. The molecule has 1 aliphatic carbocycles. The van der Waals surface area contributed by atoms with Crippen molar-refractivity contribution < 1.29 is 14.6 Å². The Balaban J connectivity index is 2.57. The van der Waals surface area contributed by atoms with Crippen LogP contribution in [0, 0.1) is 0 Å². The number of aliphatic carboxylic acids is 1. The molecule has 0 amide bonds. The normalized spacial score (nSPS) is 20.3. The minimum atomic E-state index is -0.793. The van der Waals surface area contributed by atoms with Gasteiger partial charge in [0, 0.05) is 0 Å². The molecule has 0 aromatic rings. The molecule has 1 aliphatic rings. The van der Waals surface area contributed by atoms with Crippen molar-refractivity contribution in [2.24, 2.45) is 0 Å². The lowest BCUT2D eigenvalue weighted by Crippen LogP contribution is -2.30. The van der Waals surface area contributed by atoms with E-state index in [1.807, 2.05) is 0 Å². The third-order valence-corrected chi connectivity index (χ3v) is 2.32. The first-order valence-electron chi connectivity index (χ1n) is 4.19. The van der Waals surface area contributed by atoms with Crippen LogP contribution in [0.25, 0.3) is 0 Å². The van der Waals surface area contributed by atoms with Crippen LogP contribution in [-0.2, 0) is 9.53 Å². The number of hydrogen-bond donors (Lipinski definition) is 1. The molecular formula is C9H14O3. The number of ether oxygens (including phenoxy) is 1. The molecule has 0 unspecified atom stereocenters. The molecule has 0 aromatic carbocycles. The van der Waals surface area contributed by atoms with Gasteiger partial charge >= 0.3 is 5.97 Å². The van der Waals surface area contributed by atoms with Crippen LogP contribution < -0.4 is 0 Å². The summed E-state index contributed by atoms with van der Waals surface area (Å²) < 4.78 is 5.28. The minimum Gasteiger partial charge on any atom is -0.495 e. The highest BCUT2D eigenvalue weighted by atomic mass is 16.5. The molecule has 0 heterocycles. The van der Waals surface area contributed by atoms with E-state index in [-0.39, 0.29) is 6.42 Å². The van der Waals surface area contributed by atoms with E-state index in [0.717, 1.165) is 25.7 Å². The summed E-state index contributed by atoms with van der Waals surface area (Å²) in [5.41, 5.74) is -0.451. The summed E-state index contributed by atoms with van der Waals surface area (Å²) in [5, 5.41) is 8.65. The monoisotopic (exact) mass is 170 g/mol. The summed E-state index contributed by atoms with van der Waals surface area (Å²) in [7, 11) is 0. The van der Waals surface area contributed by atoms with Crippen molar-refractivity contribution >= 4 is 5.97 Å². The van der Waals surface area contributed by atoms with E-state index < -0.39 is 11.6 Å². The molecule has 0 saturated heterocycles. The van der Waals surface area contributed by atoms with Gasteiger partial charge in [0.1, 0.15) is 5.60 Å². The molecule has 1 fully saturated rings. The molecular weight excluding hydrogens is 156 g/mol. The van der Waals surface area contributed by atoms with E-state index in [9.17, 15) is 4.79 Å². The zero-order chi connectivity index (χ0) is 9.03. The molecule has 0 aliphatic heterocycles. The maximum Gasteiger partial charge on any atom is 0.307 e. The highest BCUT2D eigenvalue weighted by Gasteiger charge is 2.37. The summed E-state index contributed by atoms with van der Waals surface area (Å²) >= 11 is 0. The number of hydrogen-bond acceptors (Lipinski definition) is 2. The van der Waals surface area contributed by atoms with Gasteiger partial charge in [0.05, 0.1) is 12.7 Å². The molecule has 0 bridgehead atoms. The lowest BCUT2D eigenvalue weighted by Gasteiger charge is -2.26. The molecule has 0 spiro atoms. The zero-order valence-electron chi connectivity index (χ0n) is 7.08. The maximum atomic E-state index is 10.5. The van der Waals surface area contributed by atoms with Gasteiger partial charge in [0.2, 0.25) is 0 Å². The van der Waals surface area contributed by atoms with E-state index in [2.05, 4.69) is 6.58 Å². The van der Waals surface area contributed by atoms with E-state index >= 15 is 0 Å². The summed E-state index contributed by atoms with van der Waals surface area (Å²) in [5.74, 6) is -0.793. The Morgan fingerprint density at radius 1 is 1.58 bits per heavy atom. The largest absolute Gasteiger partial charge is 0.495 e. The van der Waals surface area contributed by atoms with E-state index in [1.54, 1.807) is 0 Å². The van der Waals surface area contributed by atoms with Gasteiger partial charge in [0.15, 0.2) is 0 Å². The van der Waals surface area contributed by atoms with Crippen LogP contribution in [0.1, 0.15) is 32.1 Å². The standard InChI is InChI=1S/C9H14O3/c1-2-12-9(7-8(10)11)5-3-4-6-9/h2H,1,3-7H2,(H,10,11). The average Bonchev–Trinajstić information content (AvgIpc) is 2.36. The van der Waals surface area contributed by atoms with Gasteiger partial charge < -0.3 is 9.84 Å². The van der Waals surface area contributed by atoms with Gasteiger partial charge in [-0.25, -0.2) is 0 Å². The smallest absolute Gasteiger partial charge is 0.307 e. The Labute approximate surface area is 72.0 Å². The summed E-state index contributed by atoms with van der Waals surface area (Å²) in [6.07, 6.45) is 5.24. The van der Waals surface area contributed by atoms with Crippen LogP contribution in [-0.4, -0.2) is 16.7 Å². The van der Waals surface area contributed by atoms with Crippen LogP contribution in [0.2, 0.25) is 0 Å². The lowest BCUT2D eigenvalue weighted by atomic mass is 9.98. The van der Waals surface area contributed by atoms with Crippen LogP contribution in [0.4, 0.5) is 0 Å². The van der Waals surface area contributed by atoms with Crippen molar-refractivity contribution in [2.45, 2.75) is 37.7 Å². The molecule has 0 radical (unpaired) electrons. The van der Waals surface area contributed by atoms with Crippen LogP contribution in [0.15, 0.2) is 12.8 Å². The lowest BCUT2D eigenvalue weighted by molar-refractivity contribution is -0.142. The molecule has 1 rings (SSSR count). The van der Waals surface area contributed by atoms with Crippen molar-refractivity contribution in [2.75, 3.05) is 0 Å². The highest BCUT2D eigenvalue weighted by Crippen LogP contribution is 2.36. The molecule has 3 heteroatoms. The second kappa shape index (κ2) is 3.61. The quantitative estimate of drug-likeness (QED) is 0.656. The van der Waals surface area contributed by atoms with Gasteiger partial charge in [-0.1, -0.05) is 6.58 Å². The maximum absolute atomic E-state index is 10.5. The SMILES string of the molecule is C=COC1(CC(=O)O)CCCC1. The number of carboxylic acids is 1. The number of carbonyl (C=O) groups is 1. The van der Waals surface area contributed by atoms with Gasteiger partial charge in [-0.2, -0.15) is 0 Å². The topological polar surface area (TPSA) is 46.5 Å². The molecule has 3 nitrogen and oxygen atoms in total. The Morgan fingerprint density at radius 3 is 2.58 bits per heavy atom. The Hall–Kier alpha value is -0.990. The van der Waals surface area contributed by atoms with Gasteiger partial charge in [0.25, 0.3) is 0 Å². The molecule has 12 heavy (non-hydrogen) atoms. The molecule has 0 aromatic heterocycles. The fourth-order valence-corrected chi connectivity index (χ4v) is 1.81. The average molecular weight is 170 g/mol. The van der Waals surface area contributed by atoms with Crippen molar-refractivity contribution in [1.29, 1.82) is 0 Å². The first-order valence-corrected chi connectivity index (χ1v) is 4.19. The molecule has 1 N–H and O–H groups in total. The fourth-order valence-electron chi connectivity index (χ4n) is 1.81. The van der Waals surface area contributed by atoms with Gasteiger partial charge in [-0.3, -0.25) is 4.79 Å². The third-order valence-electron chi connectivity index (χ3n) is 2.32. The van der Waals surface area contributed by atoms with Gasteiger partial charge in [-0.05, 0) is 25.7 Å². The van der Waals surface area contributed by atoms with Crippen LogP contribution in [0.5, 0.6) is 0 Å². The molecule has 68 valence electrons. The minimum absolute atomic E-state index is 0.0962. The summed E-state index contributed by atoms with van der Waals surface area (Å²) in [4.78, 5) is 10.5. The van der Waals surface area contributed by atoms with E-state index in [1.165, 1.54) is 6.26 Å². The second-order valence-corrected chi connectivity index (χ2v) is 3.25. The predicted octanol–water partition coefficient (Wildman–Crippen LogP) is 1.93. The van der Waals surface area contributed by atoms with Crippen LogP contribution in [0.3, 0.4) is 0 Å². The zero-order valence-corrected chi connectivity index (χ0v) is 7.08. The highest BCUT2D eigenvalue weighted by molar-refractivity contribution is 5.68. The van der Waals surface area contributed by atoms with Gasteiger partial charge in [-0.15, -0.1) is 0 Å². The molecule has 1 saturated carbocycles. The first-order chi connectivity index (χ1) is 5.68.